The molecule has 0 unspecified atom stereocenters. The number of esters is 1. The Labute approximate surface area is 93.0 Å². The molecule has 0 atom stereocenters. The first kappa shape index (κ1) is 12.0. The van der Waals surface area contributed by atoms with Crippen LogP contribution >= 0.6 is 0 Å². The van der Waals surface area contributed by atoms with Gasteiger partial charge in [0.05, 0.1) is 19.2 Å². The summed E-state index contributed by atoms with van der Waals surface area (Å²) >= 11 is 0. The number of ether oxygens (including phenoxy) is 1. The van der Waals surface area contributed by atoms with E-state index in [1.54, 1.807) is 6.07 Å². The first-order valence-corrected chi connectivity index (χ1v) is 4.69. The van der Waals surface area contributed by atoms with E-state index in [9.17, 15) is 14.7 Å². The summed E-state index contributed by atoms with van der Waals surface area (Å²) in [7, 11) is 1.30. The molecule has 5 nitrogen and oxygen atoms in total. The monoisotopic (exact) mass is 223 g/mol. The summed E-state index contributed by atoms with van der Waals surface area (Å²) in [5, 5.41) is 11.9. The Kier molecular flexibility index (Phi) is 3.88. The maximum absolute atomic E-state index is 11.0. The van der Waals surface area contributed by atoms with Crippen LogP contribution in [0.15, 0.2) is 18.2 Å². The second-order valence-corrected chi connectivity index (χ2v) is 3.29. The van der Waals surface area contributed by atoms with E-state index in [2.05, 4.69) is 10.1 Å². The summed E-state index contributed by atoms with van der Waals surface area (Å²) < 4.78 is 4.52. The van der Waals surface area contributed by atoms with E-state index in [4.69, 9.17) is 0 Å². The number of phenolic OH excluding ortho intramolecular Hbond substituents is 1. The van der Waals surface area contributed by atoms with Gasteiger partial charge < -0.3 is 15.2 Å². The van der Waals surface area contributed by atoms with Gasteiger partial charge in [0.1, 0.15) is 5.75 Å². The zero-order valence-electron chi connectivity index (χ0n) is 9.11. The molecule has 1 aromatic rings. The Morgan fingerprint density at radius 3 is 2.69 bits per heavy atom. The van der Waals surface area contributed by atoms with E-state index >= 15 is 0 Å². The van der Waals surface area contributed by atoms with Crippen LogP contribution < -0.4 is 5.32 Å². The molecule has 0 radical (unpaired) electrons. The minimum absolute atomic E-state index is 0.0381. The number of methoxy groups -OCH3 is 1. The summed E-state index contributed by atoms with van der Waals surface area (Å²) in [6, 6.07) is 4.55. The molecule has 16 heavy (non-hydrogen) atoms. The van der Waals surface area contributed by atoms with Gasteiger partial charge in [-0.05, 0) is 17.7 Å². The summed E-state index contributed by atoms with van der Waals surface area (Å²) in [6.45, 7) is 1.34. The fraction of sp³-hybridized carbons (Fsp3) is 0.273. The molecule has 1 amide bonds. The maximum Gasteiger partial charge on any atom is 0.309 e. The Morgan fingerprint density at radius 2 is 2.12 bits per heavy atom. The van der Waals surface area contributed by atoms with E-state index in [1.165, 1.54) is 26.2 Å². The number of hydrogen-bond donors (Lipinski definition) is 2. The van der Waals surface area contributed by atoms with Gasteiger partial charge in [-0.1, -0.05) is 6.07 Å². The molecule has 1 rings (SSSR count). The zero-order valence-corrected chi connectivity index (χ0v) is 9.11. The lowest BCUT2D eigenvalue weighted by Gasteiger charge is -2.07. The number of benzene rings is 1. The third kappa shape index (κ3) is 3.27. The molecular formula is C11H13NO4. The Hall–Kier alpha value is -2.04. The first-order chi connectivity index (χ1) is 7.52. The van der Waals surface area contributed by atoms with E-state index < -0.39 is 0 Å². The van der Waals surface area contributed by atoms with Gasteiger partial charge in [0.2, 0.25) is 5.91 Å². The van der Waals surface area contributed by atoms with Crippen LogP contribution in [0.5, 0.6) is 5.75 Å². The molecule has 0 aliphatic carbocycles. The van der Waals surface area contributed by atoms with Gasteiger partial charge in [-0.2, -0.15) is 0 Å². The molecule has 0 saturated heterocycles. The van der Waals surface area contributed by atoms with Crippen molar-refractivity contribution in [2.45, 2.75) is 13.3 Å². The summed E-state index contributed by atoms with van der Waals surface area (Å²) in [4.78, 5) is 21.9. The molecule has 5 heteroatoms. The van der Waals surface area contributed by atoms with E-state index in [-0.39, 0.29) is 29.7 Å². The lowest BCUT2D eigenvalue weighted by Crippen LogP contribution is -2.08. The molecule has 86 valence electrons. The quantitative estimate of drug-likeness (QED) is 0.593. The van der Waals surface area contributed by atoms with Gasteiger partial charge in [0, 0.05) is 6.92 Å². The Balaban J connectivity index is 2.88. The van der Waals surface area contributed by atoms with Crippen molar-refractivity contribution >= 4 is 17.6 Å². The highest BCUT2D eigenvalue weighted by molar-refractivity contribution is 5.90. The molecule has 0 aliphatic heterocycles. The topological polar surface area (TPSA) is 75.6 Å². The van der Waals surface area contributed by atoms with Crippen LogP contribution in [0.4, 0.5) is 5.69 Å². The normalized spacial score (nSPS) is 9.62. The van der Waals surface area contributed by atoms with Crippen molar-refractivity contribution < 1.29 is 19.4 Å². The van der Waals surface area contributed by atoms with Gasteiger partial charge in [-0.15, -0.1) is 0 Å². The van der Waals surface area contributed by atoms with Gasteiger partial charge in [0.25, 0.3) is 0 Å². The van der Waals surface area contributed by atoms with Crippen LogP contribution in [0.25, 0.3) is 0 Å². The van der Waals surface area contributed by atoms with Crippen molar-refractivity contribution in [2.24, 2.45) is 0 Å². The second-order valence-electron chi connectivity index (χ2n) is 3.29. The van der Waals surface area contributed by atoms with Gasteiger partial charge in [0.15, 0.2) is 0 Å². The van der Waals surface area contributed by atoms with Crippen LogP contribution in [0, 0.1) is 0 Å². The Bertz CT molecular complexity index is 414. The lowest BCUT2D eigenvalue weighted by atomic mass is 10.1. The first-order valence-electron chi connectivity index (χ1n) is 4.69. The average Bonchev–Trinajstić information content (AvgIpc) is 2.22. The number of nitrogens with one attached hydrogen (secondary N) is 1. The van der Waals surface area contributed by atoms with Crippen LogP contribution in [0.3, 0.4) is 0 Å². The van der Waals surface area contributed by atoms with Crippen molar-refractivity contribution in [1.29, 1.82) is 0 Å². The standard InChI is InChI=1S/C11H13NO4/c1-7(13)12-9-5-8(3-4-10(9)14)6-11(15)16-2/h3-5,14H,6H2,1-2H3,(H,12,13). The van der Waals surface area contributed by atoms with Gasteiger partial charge in [-0.25, -0.2) is 0 Å². The van der Waals surface area contributed by atoms with Crippen LogP contribution in [-0.4, -0.2) is 24.1 Å². The Morgan fingerprint density at radius 1 is 1.44 bits per heavy atom. The highest BCUT2D eigenvalue weighted by atomic mass is 16.5. The summed E-state index contributed by atoms with van der Waals surface area (Å²) in [6.07, 6.45) is 0.101. The van der Waals surface area contributed by atoms with Crippen LogP contribution in [-0.2, 0) is 20.7 Å². The number of rotatable bonds is 3. The predicted molar refractivity (Wildman–Crippen MR) is 58.1 cm³/mol. The zero-order chi connectivity index (χ0) is 12.1. The van der Waals surface area contributed by atoms with E-state index in [0.717, 1.165) is 0 Å². The lowest BCUT2D eigenvalue weighted by molar-refractivity contribution is -0.139. The number of carbonyl (C=O) groups excluding carboxylic acids is 2. The summed E-state index contributed by atoms with van der Waals surface area (Å²) in [5.41, 5.74) is 0.947. The van der Waals surface area contributed by atoms with Gasteiger partial charge >= 0.3 is 5.97 Å². The minimum Gasteiger partial charge on any atom is -0.506 e. The summed E-state index contributed by atoms with van der Waals surface area (Å²) in [5.74, 6) is -0.700. The molecule has 0 aliphatic rings. The number of aromatic hydroxyl groups is 1. The smallest absolute Gasteiger partial charge is 0.309 e. The predicted octanol–water partition coefficient (Wildman–Crippen LogP) is 1.07. The fourth-order valence-corrected chi connectivity index (χ4v) is 1.22. The van der Waals surface area contributed by atoms with Crippen molar-refractivity contribution in [3.05, 3.63) is 23.8 Å². The molecule has 1 aromatic carbocycles. The number of phenols is 1. The number of anilines is 1. The molecule has 0 bridgehead atoms. The van der Waals surface area contributed by atoms with Crippen molar-refractivity contribution in [3.63, 3.8) is 0 Å². The third-order valence-corrected chi connectivity index (χ3v) is 1.95. The molecular weight excluding hydrogens is 210 g/mol. The van der Waals surface area contributed by atoms with Crippen molar-refractivity contribution in [3.8, 4) is 5.75 Å². The number of hydrogen-bond acceptors (Lipinski definition) is 4. The van der Waals surface area contributed by atoms with Crippen molar-refractivity contribution in [2.75, 3.05) is 12.4 Å². The highest BCUT2D eigenvalue weighted by Gasteiger charge is 2.07. The van der Waals surface area contributed by atoms with Crippen LogP contribution in [0.2, 0.25) is 0 Å². The van der Waals surface area contributed by atoms with E-state index in [0.29, 0.717) is 5.56 Å². The highest BCUT2D eigenvalue weighted by Crippen LogP contribution is 2.24. The minimum atomic E-state index is -0.375. The molecule has 0 aromatic heterocycles. The molecule has 0 spiro atoms. The van der Waals surface area contributed by atoms with Crippen molar-refractivity contribution in [1.82, 2.24) is 0 Å². The molecule has 0 saturated carbocycles. The third-order valence-electron chi connectivity index (χ3n) is 1.95. The fourth-order valence-electron chi connectivity index (χ4n) is 1.22. The molecule has 0 fully saturated rings. The largest absolute Gasteiger partial charge is 0.506 e. The molecule has 2 N–H and O–H groups in total. The maximum atomic E-state index is 11.0. The SMILES string of the molecule is COC(=O)Cc1ccc(O)c(NC(C)=O)c1. The average molecular weight is 223 g/mol. The van der Waals surface area contributed by atoms with E-state index in [1.807, 2.05) is 0 Å². The number of carbonyl (C=O) groups is 2. The van der Waals surface area contributed by atoms with Crippen LogP contribution in [0.1, 0.15) is 12.5 Å². The van der Waals surface area contributed by atoms with Gasteiger partial charge in [-0.3, -0.25) is 9.59 Å². The molecule has 0 heterocycles. The number of amides is 1. The second kappa shape index (κ2) is 5.16.